The van der Waals surface area contributed by atoms with Crippen LogP contribution in [0.25, 0.3) is 40.3 Å². The van der Waals surface area contributed by atoms with E-state index >= 15 is 0 Å². The maximum Gasteiger partial charge on any atom is 0.344 e. The highest BCUT2D eigenvalue weighted by Gasteiger charge is 2.29. The normalized spacial score (nSPS) is 12.4. The van der Waals surface area contributed by atoms with Crippen LogP contribution in [0, 0.1) is 5.92 Å². The first-order chi connectivity index (χ1) is 24.1. The molecule has 0 amide bonds. The number of fused-ring (bicyclic) bond motifs is 4. The molecule has 0 radical (unpaired) electrons. The molecule has 0 spiro atoms. The molecule has 10 heteroatoms. The third-order valence-corrected chi connectivity index (χ3v) is 11.0. The second kappa shape index (κ2) is 15.5. The highest BCUT2D eigenvalue weighted by atomic mass is 32.1. The van der Waals surface area contributed by atoms with E-state index in [1.54, 1.807) is 50.2 Å². The van der Waals surface area contributed by atoms with E-state index in [1.165, 1.54) is 22.7 Å². The molecule has 8 nitrogen and oxygen atoms in total. The van der Waals surface area contributed by atoms with E-state index < -0.39 is 11.6 Å². The fraction of sp³-hybridized carbons (Fsp3) is 0.300. The van der Waals surface area contributed by atoms with Gasteiger partial charge in [-0.25, -0.2) is 4.79 Å². The molecule has 4 aromatic carbocycles. The maximum absolute atomic E-state index is 13.0. The number of benzene rings is 4. The Morgan fingerprint density at radius 3 is 1.78 bits per heavy atom. The monoisotopic (exact) mass is 710 g/mol. The van der Waals surface area contributed by atoms with Crippen molar-refractivity contribution in [1.29, 1.82) is 0 Å². The number of ketones is 1. The van der Waals surface area contributed by atoms with E-state index in [1.807, 2.05) is 55.5 Å². The molecule has 0 aliphatic heterocycles. The zero-order chi connectivity index (χ0) is 35.3. The van der Waals surface area contributed by atoms with Crippen LogP contribution in [0.2, 0.25) is 0 Å². The van der Waals surface area contributed by atoms with Crippen LogP contribution in [0.3, 0.4) is 0 Å². The lowest BCUT2D eigenvalue weighted by atomic mass is 10.0. The summed E-state index contributed by atoms with van der Waals surface area (Å²) in [4.78, 5) is 51.2. The van der Waals surface area contributed by atoms with Crippen LogP contribution in [0.15, 0.2) is 94.5 Å². The molecule has 0 saturated carbocycles. The molecule has 0 aliphatic rings. The second-order valence-electron chi connectivity index (χ2n) is 12.6. The summed E-state index contributed by atoms with van der Waals surface area (Å²) in [5.74, 6) is 0.488. The van der Waals surface area contributed by atoms with Gasteiger partial charge in [-0.05, 0) is 93.3 Å². The van der Waals surface area contributed by atoms with Crippen molar-refractivity contribution in [2.45, 2.75) is 45.6 Å². The van der Waals surface area contributed by atoms with Gasteiger partial charge in [0.15, 0.2) is 17.5 Å². The Bertz CT molecular complexity index is 2310. The molecule has 0 aliphatic carbocycles. The van der Waals surface area contributed by atoms with Crippen LogP contribution < -0.4 is 20.3 Å². The summed E-state index contributed by atoms with van der Waals surface area (Å²) in [6.07, 6.45) is 2.27. The molecule has 2 heterocycles. The van der Waals surface area contributed by atoms with E-state index in [0.29, 0.717) is 46.1 Å². The number of ether oxygens (including phenoxy) is 4. The SMILES string of the molecule is CCC(CCCOC(C)(C)C(=O)COc1ccc2c(=O)c3ccccc3sc2c1)COC(=O)COc1ccc2c(=O)c3ccccc3sc2c1. The highest BCUT2D eigenvalue weighted by Crippen LogP contribution is 2.29. The number of Topliss-reactive ketones (excluding diaryl/α,β-unsaturated/α-hetero) is 1. The van der Waals surface area contributed by atoms with Gasteiger partial charge in [0.25, 0.3) is 0 Å². The van der Waals surface area contributed by atoms with Gasteiger partial charge >= 0.3 is 5.97 Å². The van der Waals surface area contributed by atoms with E-state index in [9.17, 15) is 19.2 Å². The number of hydrogen-bond acceptors (Lipinski definition) is 10. The summed E-state index contributed by atoms with van der Waals surface area (Å²) >= 11 is 3.02. The van der Waals surface area contributed by atoms with E-state index in [4.69, 9.17) is 18.9 Å². The summed E-state index contributed by atoms with van der Waals surface area (Å²) in [7, 11) is 0. The molecule has 0 fully saturated rings. The standard InChI is InChI=1S/C40H38O8S2/c1-4-25(22-47-37(42)24-46-27-16-18-31-35(21-27)50-33-14-8-6-12-29(33)39(31)44)10-9-19-48-40(2,3)36(41)23-45-26-15-17-30-34(20-26)49-32-13-7-5-11-28(32)38(30)43/h5-8,11-18,20-21,25H,4,9-10,19,22-24H2,1-3H3. The van der Waals surface area contributed by atoms with Gasteiger partial charge in [-0.2, -0.15) is 0 Å². The Hall–Kier alpha value is -4.64. The van der Waals surface area contributed by atoms with Crippen LogP contribution in [0.5, 0.6) is 11.5 Å². The van der Waals surface area contributed by atoms with Gasteiger partial charge in [-0.3, -0.25) is 14.4 Å². The largest absolute Gasteiger partial charge is 0.486 e. The number of carbonyl (C=O) groups is 2. The molecular weight excluding hydrogens is 673 g/mol. The molecule has 50 heavy (non-hydrogen) atoms. The summed E-state index contributed by atoms with van der Waals surface area (Å²) in [5, 5.41) is 2.63. The predicted molar refractivity (Wildman–Crippen MR) is 201 cm³/mol. The number of rotatable bonds is 15. The molecule has 258 valence electrons. The minimum Gasteiger partial charge on any atom is -0.486 e. The predicted octanol–water partition coefficient (Wildman–Crippen LogP) is 8.31. The molecule has 0 saturated heterocycles. The molecule has 0 bridgehead atoms. The fourth-order valence-corrected chi connectivity index (χ4v) is 7.85. The molecule has 0 N–H and O–H groups in total. The first-order valence-electron chi connectivity index (χ1n) is 16.6. The van der Waals surface area contributed by atoms with Crippen LogP contribution in [0.1, 0.15) is 40.0 Å². The number of esters is 1. The van der Waals surface area contributed by atoms with Crippen molar-refractivity contribution < 1.29 is 28.5 Å². The van der Waals surface area contributed by atoms with Crippen LogP contribution in [0.4, 0.5) is 0 Å². The number of carbonyl (C=O) groups excluding carboxylic acids is 2. The van der Waals surface area contributed by atoms with Gasteiger partial charge in [-0.15, -0.1) is 22.7 Å². The van der Waals surface area contributed by atoms with Gasteiger partial charge in [0.1, 0.15) is 23.7 Å². The second-order valence-corrected chi connectivity index (χ2v) is 14.8. The lowest BCUT2D eigenvalue weighted by Crippen LogP contribution is -2.39. The van der Waals surface area contributed by atoms with Crippen molar-refractivity contribution in [3.63, 3.8) is 0 Å². The van der Waals surface area contributed by atoms with E-state index in [2.05, 4.69) is 0 Å². The lowest BCUT2D eigenvalue weighted by Gasteiger charge is -2.24. The Balaban J connectivity index is 0.922. The van der Waals surface area contributed by atoms with Gasteiger partial charge < -0.3 is 18.9 Å². The van der Waals surface area contributed by atoms with Crippen LogP contribution in [-0.2, 0) is 19.1 Å². The molecule has 1 atom stereocenters. The maximum atomic E-state index is 13.0. The van der Waals surface area contributed by atoms with Gasteiger partial charge in [0.05, 0.1) is 6.61 Å². The Morgan fingerprint density at radius 2 is 1.22 bits per heavy atom. The van der Waals surface area contributed by atoms with Gasteiger partial charge in [0.2, 0.25) is 5.78 Å². The van der Waals surface area contributed by atoms with Crippen molar-refractivity contribution in [1.82, 2.24) is 0 Å². The number of hydrogen-bond donors (Lipinski definition) is 0. The minimum absolute atomic E-state index is 0.0169. The molecule has 6 aromatic rings. The average Bonchev–Trinajstić information content (AvgIpc) is 3.12. The van der Waals surface area contributed by atoms with Crippen molar-refractivity contribution >= 4 is 74.8 Å². The summed E-state index contributed by atoms with van der Waals surface area (Å²) in [5.41, 5.74) is -1.08. The van der Waals surface area contributed by atoms with E-state index in [-0.39, 0.29) is 42.4 Å². The Morgan fingerprint density at radius 1 is 0.700 bits per heavy atom. The van der Waals surface area contributed by atoms with Crippen LogP contribution in [-0.4, -0.2) is 43.8 Å². The zero-order valence-electron chi connectivity index (χ0n) is 28.2. The zero-order valence-corrected chi connectivity index (χ0v) is 29.8. The first-order valence-corrected chi connectivity index (χ1v) is 18.3. The van der Waals surface area contributed by atoms with E-state index in [0.717, 1.165) is 31.6 Å². The molecule has 1 unspecified atom stereocenters. The van der Waals surface area contributed by atoms with Gasteiger partial charge in [0, 0.05) is 47.0 Å². The third kappa shape index (κ3) is 8.04. The topological polar surface area (TPSA) is 105 Å². The lowest BCUT2D eigenvalue weighted by molar-refractivity contribution is -0.148. The smallest absolute Gasteiger partial charge is 0.344 e. The molecular formula is C40H38O8S2. The minimum atomic E-state index is -1.05. The van der Waals surface area contributed by atoms with Gasteiger partial charge in [-0.1, -0.05) is 37.6 Å². The van der Waals surface area contributed by atoms with Crippen molar-refractivity contribution in [3.8, 4) is 11.5 Å². The first kappa shape index (κ1) is 35.2. The quantitative estimate of drug-likeness (QED) is 0.0596. The van der Waals surface area contributed by atoms with Crippen molar-refractivity contribution in [3.05, 3.63) is 105 Å². The van der Waals surface area contributed by atoms with Crippen LogP contribution >= 0.6 is 22.7 Å². The fourth-order valence-electron chi connectivity index (χ4n) is 5.65. The molecule has 6 rings (SSSR count). The summed E-state index contributed by atoms with van der Waals surface area (Å²) in [6, 6.07) is 25.5. The summed E-state index contributed by atoms with van der Waals surface area (Å²) in [6.45, 7) is 5.74. The Labute approximate surface area is 297 Å². The summed E-state index contributed by atoms with van der Waals surface area (Å²) < 4.78 is 26.4. The van der Waals surface area contributed by atoms with Crippen molar-refractivity contribution in [2.24, 2.45) is 5.92 Å². The average molecular weight is 711 g/mol. The Kier molecular flexibility index (Phi) is 10.9. The third-order valence-electron chi connectivity index (χ3n) is 8.77. The van der Waals surface area contributed by atoms with Crippen molar-refractivity contribution in [2.75, 3.05) is 26.4 Å². The highest BCUT2D eigenvalue weighted by molar-refractivity contribution is 7.25. The molecule has 2 aromatic heterocycles.